The number of aromatic nitrogens is 6. The van der Waals surface area contributed by atoms with E-state index in [0.717, 1.165) is 60.9 Å². The van der Waals surface area contributed by atoms with E-state index in [-0.39, 0.29) is 0 Å². The molecule has 4 aromatic heterocycles. The Hall–Kier alpha value is -7.96. The molecule has 0 saturated carbocycles. The van der Waals surface area contributed by atoms with Crippen LogP contribution in [0.15, 0.2) is 195 Å². The second-order valence-electron chi connectivity index (χ2n) is 14.4. The van der Waals surface area contributed by atoms with Crippen molar-refractivity contribution in [3.8, 4) is 67.7 Å². The predicted octanol–water partition coefficient (Wildman–Crippen LogP) is 12.7. The Labute approximate surface area is 334 Å². The molecule has 0 bridgehead atoms. The Balaban J connectivity index is 0.993. The third-order valence-corrected chi connectivity index (χ3v) is 10.9. The predicted molar refractivity (Wildman–Crippen MR) is 236 cm³/mol. The molecule has 0 unspecified atom stereocenters. The number of benzene rings is 7. The zero-order chi connectivity index (χ0) is 38.4. The third kappa shape index (κ3) is 5.92. The van der Waals surface area contributed by atoms with Crippen LogP contribution < -0.4 is 0 Å². The summed E-state index contributed by atoms with van der Waals surface area (Å²) in [5.74, 6) is 1.71. The maximum Gasteiger partial charge on any atom is 0.165 e. The van der Waals surface area contributed by atoms with E-state index in [1.165, 1.54) is 32.5 Å². The van der Waals surface area contributed by atoms with Gasteiger partial charge in [0.05, 0.1) is 11.2 Å². The molecule has 0 amide bonds. The number of rotatable bonds is 6. The van der Waals surface area contributed by atoms with Crippen LogP contribution in [0, 0.1) is 0 Å². The lowest BCUT2D eigenvalue weighted by Gasteiger charge is -2.16. The lowest BCUT2D eigenvalue weighted by Crippen LogP contribution is -2.00. The minimum absolute atomic E-state index is 0.561. The van der Waals surface area contributed by atoms with E-state index in [1.54, 1.807) is 24.8 Å². The van der Waals surface area contributed by atoms with Gasteiger partial charge in [0.15, 0.2) is 17.5 Å². The average molecular weight is 741 g/mol. The first-order chi connectivity index (χ1) is 28.7. The molecule has 0 aliphatic carbocycles. The average Bonchev–Trinajstić information content (AvgIpc) is 3.31. The molecule has 4 heterocycles. The summed E-state index contributed by atoms with van der Waals surface area (Å²) in [5.41, 5.74) is 10.2. The highest BCUT2D eigenvalue weighted by Gasteiger charge is 2.18. The molecule has 0 N–H and O–H groups in total. The first-order valence-electron chi connectivity index (χ1n) is 19.2. The summed E-state index contributed by atoms with van der Waals surface area (Å²) in [6.07, 6.45) is 7.01. The molecule has 6 nitrogen and oxygen atoms in total. The van der Waals surface area contributed by atoms with Crippen LogP contribution in [0.5, 0.6) is 0 Å². The number of nitrogens with zero attached hydrogens (tertiary/aromatic N) is 6. The monoisotopic (exact) mass is 740 g/mol. The fourth-order valence-corrected chi connectivity index (χ4v) is 8.02. The first-order valence-corrected chi connectivity index (χ1v) is 19.2. The van der Waals surface area contributed by atoms with Gasteiger partial charge in [0.25, 0.3) is 0 Å². The number of hydrogen-bond donors (Lipinski definition) is 0. The molecular weight excluding hydrogens is 709 g/mol. The van der Waals surface area contributed by atoms with Crippen molar-refractivity contribution in [1.29, 1.82) is 0 Å². The molecule has 11 aromatic rings. The topological polar surface area (TPSA) is 77.3 Å². The molecule has 7 aromatic carbocycles. The van der Waals surface area contributed by atoms with Crippen molar-refractivity contribution in [3.05, 3.63) is 195 Å². The van der Waals surface area contributed by atoms with Crippen LogP contribution in [-0.2, 0) is 0 Å². The van der Waals surface area contributed by atoms with E-state index >= 15 is 0 Å². The smallest absolute Gasteiger partial charge is 0.165 e. The number of hydrogen-bond acceptors (Lipinski definition) is 6. The van der Waals surface area contributed by atoms with Crippen molar-refractivity contribution in [2.75, 3.05) is 0 Å². The molecule has 11 rings (SSSR count). The van der Waals surface area contributed by atoms with Crippen molar-refractivity contribution in [3.63, 3.8) is 0 Å². The zero-order valence-electron chi connectivity index (χ0n) is 31.2. The minimum Gasteiger partial charge on any atom is -0.264 e. The van der Waals surface area contributed by atoms with E-state index in [2.05, 4.69) is 156 Å². The van der Waals surface area contributed by atoms with Crippen LogP contribution in [0.25, 0.3) is 111 Å². The van der Waals surface area contributed by atoms with Crippen molar-refractivity contribution in [2.24, 2.45) is 0 Å². The zero-order valence-corrected chi connectivity index (χ0v) is 31.2. The molecule has 0 spiro atoms. The van der Waals surface area contributed by atoms with E-state index in [0.29, 0.717) is 17.5 Å². The van der Waals surface area contributed by atoms with Gasteiger partial charge in [0.2, 0.25) is 0 Å². The molecule has 0 radical (unpaired) electrons. The van der Waals surface area contributed by atoms with Crippen LogP contribution in [-0.4, -0.2) is 29.9 Å². The molecule has 0 saturated heterocycles. The Morgan fingerprint density at radius 2 is 0.845 bits per heavy atom. The second-order valence-corrected chi connectivity index (χ2v) is 14.4. The highest BCUT2D eigenvalue weighted by atomic mass is 15.0. The largest absolute Gasteiger partial charge is 0.264 e. The quantitative estimate of drug-likeness (QED) is 0.158. The van der Waals surface area contributed by atoms with Crippen molar-refractivity contribution >= 4 is 43.2 Å². The maximum absolute atomic E-state index is 5.33. The molecule has 0 aliphatic rings. The third-order valence-electron chi connectivity index (χ3n) is 10.9. The standard InChI is InChI=1S/C52H32N6/c1-2-10-38-29-39(26-21-33(38)9-1)49-46-30-45(42-13-3-4-14-43(42)48(46)44-15-5-6-16-47(44)55-49)36-22-17-34(18-23-36)35-19-24-37(25-20-35)50-56-51(40-11-7-27-53-31-40)58-52(57-50)41-12-8-28-54-32-41/h1-32H. The van der Waals surface area contributed by atoms with Crippen LogP contribution >= 0.6 is 0 Å². The SMILES string of the molecule is c1cncc(-c2nc(-c3ccc(-c4ccc(-c5cc6c(-c7ccc8ccccc8c7)nc7ccccc7c6c6ccccc56)cc4)cc3)nc(-c3cccnc3)n2)c1. The maximum atomic E-state index is 5.33. The molecule has 6 heteroatoms. The highest BCUT2D eigenvalue weighted by molar-refractivity contribution is 6.25. The Kier molecular flexibility index (Phi) is 8.04. The number of para-hydroxylation sites is 1. The molecule has 0 atom stereocenters. The van der Waals surface area contributed by atoms with Crippen molar-refractivity contribution in [2.45, 2.75) is 0 Å². The number of fused-ring (bicyclic) bond motifs is 6. The summed E-state index contributed by atoms with van der Waals surface area (Å²) in [4.78, 5) is 28.4. The van der Waals surface area contributed by atoms with Gasteiger partial charge in [-0.1, -0.05) is 127 Å². The first kappa shape index (κ1) is 33.4. The van der Waals surface area contributed by atoms with Crippen LogP contribution in [0.4, 0.5) is 0 Å². The highest BCUT2D eigenvalue weighted by Crippen LogP contribution is 2.42. The summed E-state index contributed by atoms with van der Waals surface area (Å²) in [7, 11) is 0. The summed E-state index contributed by atoms with van der Waals surface area (Å²) < 4.78 is 0. The second kappa shape index (κ2) is 14.0. The van der Waals surface area contributed by atoms with E-state index in [4.69, 9.17) is 19.9 Å². The lowest BCUT2D eigenvalue weighted by molar-refractivity contribution is 1.07. The molecular formula is C52H32N6. The normalized spacial score (nSPS) is 11.4. The van der Waals surface area contributed by atoms with Gasteiger partial charge in [-0.15, -0.1) is 0 Å². The van der Waals surface area contributed by atoms with Gasteiger partial charge in [-0.2, -0.15) is 0 Å². The fourth-order valence-electron chi connectivity index (χ4n) is 8.02. The van der Waals surface area contributed by atoms with Crippen LogP contribution in [0.1, 0.15) is 0 Å². The molecule has 58 heavy (non-hydrogen) atoms. The Bertz CT molecular complexity index is 3250. The molecule has 0 aliphatic heterocycles. The summed E-state index contributed by atoms with van der Waals surface area (Å²) in [5, 5.41) is 8.36. The fraction of sp³-hybridized carbons (Fsp3) is 0. The van der Waals surface area contributed by atoms with Gasteiger partial charge in [-0.3, -0.25) is 9.97 Å². The van der Waals surface area contributed by atoms with Crippen molar-refractivity contribution < 1.29 is 0 Å². The van der Waals surface area contributed by atoms with E-state index in [1.807, 2.05) is 24.3 Å². The Morgan fingerprint density at radius 1 is 0.310 bits per heavy atom. The van der Waals surface area contributed by atoms with Gasteiger partial charge in [0.1, 0.15) is 0 Å². The Morgan fingerprint density at radius 3 is 1.50 bits per heavy atom. The molecule has 0 fully saturated rings. The van der Waals surface area contributed by atoms with Gasteiger partial charge in [-0.25, -0.2) is 19.9 Å². The lowest BCUT2D eigenvalue weighted by atomic mass is 9.89. The van der Waals surface area contributed by atoms with Gasteiger partial charge < -0.3 is 0 Å². The summed E-state index contributed by atoms with van der Waals surface area (Å²) >= 11 is 0. The summed E-state index contributed by atoms with van der Waals surface area (Å²) in [6.45, 7) is 0. The van der Waals surface area contributed by atoms with Gasteiger partial charge in [0, 0.05) is 63.2 Å². The summed E-state index contributed by atoms with van der Waals surface area (Å²) in [6, 6.07) is 59.7. The van der Waals surface area contributed by atoms with Crippen LogP contribution in [0.3, 0.4) is 0 Å². The minimum atomic E-state index is 0.561. The van der Waals surface area contributed by atoms with E-state index < -0.39 is 0 Å². The van der Waals surface area contributed by atoms with Gasteiger partial charge >= 0.3 is 0 Å². The molecule has 270 valence electrons. The van der Waals surface area contributed by atoms with Gasteiger partial charge in [-0.05, 0) is 86.3 Å². The number of pyridine rings is 3. The van der Waals surface area contributed by atoms with E-state index in [9.17, 15) is 0 Å². The van der Waals surface area contributed by atoms with Crippen molar-refractivity contribution in [1.82, 2.24) is 29.9 Å². The van der Waals surface area contributed by atoms with Crippen LogP contribution in [0.2, 0.25) is 0 Å².